The molecule has 0 unspecified atom stereocenters. The lowest BCUT2D eigenvalue weighted by molar-refractivity contribution is 0.0315. The molecule has 5 nitrogen and oxygen atoms in total. The lowest BCUT2D eigenvalue weighted by Crippen LogP contribution is -2.44. The van der Waals surface area contributed by atoms with Crippen LogP contribution in [-0.2, 0) is 4.74 Å². The second-order valence-electron chi connectivity index (χ2n) is 5.89. The van der Waals surface area contributed by atoms with Gasteiger partial charge in [-0.05, 0) is 37.1 Å². The normalized spacial score (nSPS) is 15.7. The van der Waals surface area contributed by atoms with Gasteiger partial charge in [0.15, 0.2) is 0 Å². The third-order valence-electron chi connectivity index (χ3n) is 4.26. The van der Waals surface area contributed by atoms with Gasteiger partial charge < -0.3 is 14.7 Å². The van der Waals surface area contributed by atoms with E-state index in [1.807, 2.05) is 26.0 Å². The molecule has 0 saturated carbocycles. The predicted octanol–water partition coefficient (Wildman–Crippen LogP) is 1.72. The Bertz CT molecular complexity index is 545. The van der Waals surface area contributed by atoms with Crippen molar-refractivity contribution in [2.45, 2.75) is 13.8 Å². The van der Waals surface area contributed by atoms with Crippen molar-refractivity contribution in [1.82, 2.24) is 9.80 Å². The summed E-state index contributed by atoms with van der Waals surface area (Å²) in [4.78, 5) is 16.7. The molecule has 1 aliphatic rings. The number of carbonyl (C=O) groups excluding carboxylic acids is 1. The summed E-state index contributed by atoms with van der Waals surface area (Å²) in [5.74, 6) is -0.125. The van der Waals surface area contributed by atoms with E-state index < -0.39 is 0 Å². The fourth-order valence-corrected chi connectivity index (χ4v) is 2.94. The molecular weight excluding hydrogens is 316 g/mol. The second kappa shape index (κ2) is 8.64. The van der Waals surface area contributed by atoms with Gasteiger partial charge in [-0.3, -0.25) is 9.69 Å². The number of rotatable bonds is 6. The van der Waals surface area contributed by atoms with Crippen molar-refractivity contribution < 1.29 is 14.6 Å². The number of halogens is 1. The number of aliphatic hydroxyl groups is 1. The highest BCUT2D eigenvalue weighted by Crippen LogP contribution is 2.22. The van der Waals surface area contributed by atoms with Crippen molar-refractivity contribution in [2.24, 2.45) is 0 Å². The Morgan fingerprint density at radius 3 is 2.57 bits per heavy atom. The minimum absolute atomic E-state index is 0.0582. The monoisotopic (exact) mass is 340 g/mol. The van der Waals surface area contributed by atoms with E-state index in [2.05, 4.69) is 4.90 Å². The van der Waals surface area contributed by atoms with Gasteiger partial charge in [0.1, 0.15) is 0 Å². The molecule has 0 bridgehead atoms. The van der Waals surface area contributed by atoms with Crippen LogP contribution in [0.2, 0.25) is 5.02 Å². The summed E-state index contributed by atoms with van der Waals surface area (Å²) in [6, 6.07) is 3.66. The van der Waals surface area contributed by atoms with E-state index >= 15 is 0 Å². The highest BCUT2D eigenvalue weighted by Gasteiger charge is 2.20. The molecule has 128 valence electrons. The number of hydrogen-bond acceptors (Lipinski definition) is 4. The number of ether oxygens (including phenoxy) is 1. The molecule has 1 fully saturated rings. The molecule has 0 aliphatic carbocycles. The minimum atomic E-state index is -0.125. The van der Waals surface area contributed by atoms with Crippen molar-refractivity contribution in [2.75, 3.05) is 52.5 Å². The summed E-state index contributed by atoms with van der Waals surface area (Å²) < 4.78 is 5.33. The minimum Gasteiger partial charge on any atom is -0.395 e. The van der Waals surface area contributed by atoms with E-state index in [9.17, 15) is 9.90 Å². The van der Waals surface area contributed by atoms with Crippen LogP contribution >= 0.6 is 11.6 Å². The zero-order valence-electron chi connectivity index (χ0n) is 13.8. The van der Waals surface area contributed by atoms with Crippen LogP contribution in [0.5, 0.6) is 0 Å². The maximum absolute atomic E-state index is 12.8. The Morgan fingerprint density at radius 1 is 1.26 bits per heavy atom. The first-order valence-electron chi connectivity index (χ1n) is 8.00. The Hall–Kier alpha value is -1.14. The van der Waals surface area contributed by atoms with E-state index in [1.165, 1.54) is 0 Å². The molecule has 1 aromatic carbocycles. The highest BCUT2D eigenvalue weighted by atomic mass is 35.5. The topological polar surface area (TPSA) is 53.0 Å². The van der Waals surface area contributed by atoms with Crippen molar-refractivity contribution in [1.29, 1.82) is 0 Å². The number of morpholine rings is 1. The first kappa shape index (κ1) is 18.2. The molecule has 1 aromatic rings. The van der Waals surface area contributed by atoms with Crippen LogP contribution in [-0.4, -0.2) is 73.4 Å². The summed E-state index contributed by atoms with van der Waals surface area (Å²) in [5, 5.41) is 9.74. The van der Waals surface area contributed by atoms with Crippen LogP contribution in [0.4, 0.5) is 0 Å². The first-order chi connectivity index (χ1) is 11.0. The van der Waals surface area contributed by atoms with Crippen molar-refractivity contribution in [3.8, 4) is 0 Å². The van der Waals surface area contributed by atoms with Gasteiger partial charge in [0.05, 0.1) is 30.4 Å². The smallest absolute Gasteiger partial charge is 0.255 e. The Kier molecular flexibility index (Phi) is 6.84. The van der Waals surface area contributed by atoms with Gasteiger partial charge >= 0.3 is 0 Å². The third kappa shape index (κ3) is 4.91. The van der Waals surface area contributed by atoms with Crippen molar-refractivity contribution >= 4 is 17.5 Å². The molecule has 1 saturated heterocycles. The molecule has 6 heteroatoms. The largest absolute Gasteiger partial charge is 0.395 e. The zero-order valence-corrected chi connectivity index (χ0v) is 14.6. The molecule has 1 aliphatic heterocycles. The molecule has 0 spiro atoms. The number of aliphatic hydroxyl groups excluding tert-OH is 1. The van der Waals surface area contributed by atoms with E-state index in [0.29, 0.717) is 23.7 Å². The third-order valence-corrected chi connectivity index (χ3v) is 4.57. The lowest BCUT2D eigenvalue weighted by atomic mass is 10.1. The molecule has 1 heterocycles. The van der Waals surface area contributed by atoms with Gasteiger partial charge in [0.2, 0.25) is 0 Å². The molecule has 1 amide bonds. The van der Waals surface area contributed by atoms with E-state index in [1.54, 1.807) is 4.90 Å². The maximum Gasteiger partial charge on any atom is 0.255 e. The van der Waals surface area contributed by atoms with Gasteiger partial charge in [-0.15, -0.1) is 0 Å². The molecule has 0 aromatic heterocycles. The number of aryl methyl sites for hydroxylation is 2. The van der Waals surface area contributed by atoms with Gasteiger partial charge in [-0.1, -0.05) is 11.6 Å². The molecular formula is C17H25ClN2O3. The van der Waals surface area contributed by atoms with Crippen molar-refractivity contribution in [3.63, 3.8) is 0 Å². The van der Waals surface area contributed by atoms with Crippen LogP contribution in [0, 0.1) is 13.8 Å². The molecule has 2 rings (SSSR count). The zero-order chi connectivity index (χ0) is 16.8. The average molecular weight is 341 g/mol. The highest BCUT2D eigenvalue weighted by molar-refractivity contribution is 6.33. The lowest BCUT2D eigenvalue weighted by Gasteiger charge is -2.30. The van der Waals surface area contributed by atoms with Crippen LogP contribution in [0.3, 0.4) is 0 Å². The predicted molar refractivity (Wildman–Crippen MR) is 91.2 cm³/mol. The summed E-state index contributed by atoms with van der Waals surface area (Å²) in [7, 11) is 0. The molecule has 0 atom stereocenters. The molecule has 23 heavy (non-hydrogen) atoms. The summed E-state index contributed by atoms with van der Waals surface area (Å²) in [6.07, 6.45) is 0. The number of amides is 1. The fraction of sp³-hybridized carbons (Fsp3) is 0.588. The quantitative estimate of drug-likeness (QED) is 0.856. The number of benzene rings is 1. The summed E-state index contributed by atoms with van der Waals surface area (Å²) >= 11 is 6.25. The van der Waals surface area contributed by atoms with Gasteiger partial charge in [-0.25, -0.2) is 0 Å². The van der Waals surface area contributed by atoms with Crippen LogP contribution < -0.4 is 0 Å². The standard InChI is InChI=1S/C17H25ClN2O3/c1-13-11-15(16(18)12-14(13)2)17(22)20(5-8-21)4-3-19-6-9-23-10-7-19/h11-12,21H,3-10H2,1-2H3. The SMILES string of the molecule is Cc1cc(Cl)c(C(=O)N(CCO)CCN2CCOCC2)cc1C. The van der Waals surface area contributed by atoms with Crippen LogP contribution in [0.1, 0.15) is 21.5 Å². The Balaban J connectivity index is 2.06. The number of carbonyl (C=O) groups is 1. The number of nitrogens with zero attached hydrogens (tertiary/aromatic N) is 2. The molecule has 1 N–H and O–H groups in total. The number of hydrogen-bond donors (Lipinski definition) is 1. The van der Waals surface area contributed by atoms with Gasteiger partial charge in [-0.2, -0.15) is 0 Å². The van der Waals surface area contributed by atoms with E-state index in [4.69, 9.17) is 16.3 Å². The second-order valence-corrected chi connectivity index (χ2v) is 6.29. The van der Waals surface area contributed by atoms with Crippen LogP contribution in [0.25, 0.3) is 0 Å². The van der Waals surface area contributed by atoms with E-state index in [-0.39, 0.29) is 12.5 Å². The van der Waals surface area contributed by atoms with Gasteiger partial charge in [0.25, 0.3) is 5.91 Å². The molecule has 0 radical (unpaired) electrons. The van der Waals surface area contributed by atoms with E-state index in [0.717, 1.165) is 44.0 Å². The summed E-state index contributed by atoms with van der Waals surface area (Å²) in [6.45, 7) is 8.76. The van der Waals surface area contributed by atoms with Gasteiger partial charge in [0, 0.05) is 32.7 Å². The van der Waals surface area contributed by atoms with Crippen molar-refractivity contribution in [3.05, 3.63) is 33.8 Å². The maximum atomic E-state index is 12.8. The van der Waals surface area contributed by atoms with Crippen LogP contribution in [0.15, 0.2) is 12.1 Å². The Labute approximate surface area is 142 Å². The Morgan fingerprint density at radius 2 is 1.91 bits per heavy atom. The average Bonchev–Trinajstić information content (AvgIpc) is 2.55. The fourth-order valence-electron chi connectivity index (χ4n) is 2.64. The first-order valence-corrected chi connectivity index (χ1v) is 8.37. The summed E-state index contributed by atoms with van der Waals surface area (Å²) in [5.41, 5.74) is 2.61.